The lowest BCUT2D eigenvalue weighted by atomic mass is 9.87. The zero-order valence-electron chi connectivity index (χ0n) is 21.3. The van der Waals surface area contributed by atoms with Crippen molar-refractivity contribution in [3.05, 3.63) is 119 Å². The van der Waals surface area contributed by atoms with E-state index in [2.05, 4.69) is 10.3 Å². The molecule has 2 aliphatic rings. The molecule has 0 spiro atoms. The van der Waals surface area contributed by atoms with Crippen molar-refractivity contribution >= 4 is 11.8 Å². The van der Waals surface area contributed by atoms with E-state index in [-0.39, 0.29) is 42.0 Å². The van der Waals surface area contributed by atoms with Crippen LogP contribution in [0.2, 0.25) is 0 Å². The molecule has 1 saturated carbocycles. The number of hydrogen-bond acceptors (Lipinski definition) is 5. The van der Waals surface area contributed by atoms with E-state index >= 15 is 0 Å². The van der Waals surface area contributed by atoms with Crippen LogP contribution in [0.5, 0.6) is 5.75 Å². The normalized spacial score (nSPS) is 16.4. The van der Waals surface area contributed by atoms with Gasteiger partial charge in [0.1, 0.15) is 23.9 Å². The number of hydrogen-bond donors (Lipinski definition) is 1. The minimum atomic E-state index is -0.375. The Morgan fingerprint density at radius 1 is 1.05 bits per heavy atom. The van der Waals surface area contributed by atoms with Crippen LogP contribution in [0.1, 0.15) is 57.5 Å². The third-order valence-corrected chi connectivity index (χ3v) is 7.19. The highest BCUT2D eigenvalue weighted by atomic mass is 19.1. The number of ether oxygens (including phenoxy) is 1. The monoisotopic (exact) mass is 525 g/mol. The summed E-state index contributed by atoms with van der Waals surface area (Å²) in [6.45, 7) is 1.10. The maximum absolute atomic E-state index is 14.2. The minimum absolute atomic E-state index is 0.0668. The van der Waals surface area contributed by atoms with Crippen LogP contribution >= 0.6 is 0 Å². The van der Waals surface area contributed by atoms with E-state index in [9.17, 15) is 14.0 Å². The van der Waals surface area contributed by atoms with Gasteiger partial charge in [-0.3, -0.25) is 14.6 Å². The number of pyridine rings is 1. The second-order valence-corrected chi connectivity index (χ2v) is 9.97. The first-order chi connectivity index (χ1) is 19.0. The van der Waals surface area contributed by atoms with E-state index in [4.69, 9.17) is 9.15 Å². The fraction of sp³-hybridized carbons (Fsp3) is 0.258. The van der Waals surface area contributed by atoms with Crippen LogP contribution in [-0.4, -0.2) is 28.2 Å². The van der Waals surface area contributed by atoms with Gasteiger partial charge in [-0.1, -0.05) is 18.2 Å². The molecule has 6 rings (SSSR count). The minimum Gasteiger partial charge on any atom is -0.486 e. The second-order valence-electron chi connectivity index (χ2n) is 9.97. The summed E-state index contributed by atoms with van der Waals surface area (Å²) in [5.41, 5.74) is 3.74. The smallest absolute Gasteiger partial charge is 0.287 e. The molecule has 4 aromatic rings. The summed E-state index contributed by atoms with van der Waals surface area (Å²) >= 11 is 0. The van der Waals surface area contributed by atoms with Gasteiger partial charge in [-0.25, -0.2) is 4.39 Å². The molecular weight excluding hydrogens is 497 g/mol. The average Bonchev–Trinajstić information content (AvgIpc) is 3.71. The number of nitrogens with one attached hydrogen (secondary N) is 1. The molecule has 2 aromatic heterocycles. The van der Waals surface area contributed by atoms with E-state index in [1.807, 2.05) is 41.3 Å². The Morgan fingerprint density at radius 2 is 1.90 bits per heavy atom. The SMILES string of the molecule is O=C(NCc1ccncc1)c1ccc(COc2ccc3c(c2)[C@H](c2cccc(F)c2)N(C(=O)C2CC2)CC3)o1. The molecule has 1 aliphatic carbocycles. The summed E-state index contributed by atoms with van der Waals surface area (Å²) in [5, 5.41) is 2.83. The Kier molecular flexibility index (Phi) is 6.84. The first-order valence-corrected chi connectivity index (χ1v) is 13.1. The number of halogens is 1. The summed E-state index contributed by atoms with van der Waals surface area (Å²) in [5.74, 6) is 0.872. The number of rotatable bonds is 8. The number of fused-ring (bicyclic) bond motifs is 1. The number of furan rings is 1. The zero-order valence-corrected chi connectivity index (χ0v) is 21.3. The molecule has 2 aromatic carbocycles. The molecule has 2 amide bonds. The Labute approximate surface area is 225 Å². The second kappa shape index (κ2) is 10.7. The summed E-state index contributed by atoms with van der Waals surface area (Å²) in [7, 11) is 0. The van der Waals surface area contributed by atoms with Gasteiger partial charge in [0.25, 0.3) is 5.91 Å². The van der Waals surface area contributed by atoms with Gasteiger partial charge >= 0.3 is 0 Å². The van der Waals surface area contributed by atoms with Crippen molar-refractivity contribution in [1.82, 2.24) is 15.2 Å². The summed E-state index contributed by atoms with van der Waals surface area (Å²) in [6, 6.07) is 18.9. The third-order valence-electron chi connectivity index (χ3n) is 7.19. The quantitative estimate of drug-likeness (QED) is 0.342. The largest absolute Gasteiger partial charge is 0.486 e. The predicted octanol–water partition coefficient (Wildman–Crippen LogP) is 5.21. The van der Waals surface area contributed by atoms with Gasteiger partial charge in [-0.15, -0.1) is 0 Å². The van der Waals surface area contributed by atoms with Crippen molar-refractivity contribution in [2.45, 2.75) is 38.5 Å². The first kappa shape index (κ1) is 24.9. The lowest BCUT2D eigenvalue weighted by molar-refractivity contribution is -0.134. The van der Waals surface area contributed by atoms with Gasteiger partial charge in [0.2, 0.25) is 5.91 Å². The maximum Gasteiger partial charge on any atom is 0.287 e. The summed E-state index contributed by atoms with van der Waals surface area (Å²) in [4.78, 5) is 31.5. The van der Waals surface area contributed by atoms with Crippen LogP contribution in [0.25, 0.3) is 0 Å². The fourth-order valence-electron chi connectivity index (χ4n) is 5.02. The van der Waals surface area contributed by atoms with Crippen LogP contribution in [0.3, 0.4) is 0 Å². The standard InChI is InChI=1S/C31H28FN3O4/c32-24-3-1-2-23(16-24)29-27-17-25(7-6-21(27)12-15-35(29)31(37)22-4-5-22)38-19-26-8-9-28(39-26)30(36)34-18-20-10-13-33-14-11-20/h1-3,6-11,13-14,16-17,22,29H,4-5,12,15,18-19H2,(H,34,36)/t29-/m0/s1. The number of benzene rings is 2. The highest BCUT2D eigenvalue weighted by Gasteiger charge is 2.39. The van der Waals surface area contributed by atoms with E-state index in [0.29, 0.717) is 24.6 Å². The van der Waals surface area contributed by atoms with Gasteiger partial charge in [0.05, 0.1) is 6.04 Å². The van der Waals surface area contributed by atoms with E-state index in [1.54, 1.807) is 30.6 Å². The molecule has 3 heterocycles. The molecule has 0 bridgehead atoms. The maximum atomic E-state index is 14.2. The molecule has 7 nitrogen and oxygen atoms in total. The Hall–Kier alpha value is -4.46. The van der Waals surface area contributed by atoms with Crippen LogP contribution in [0, 0.1) is 11.7 Å². The molecule has 0 saturated heterocycles. The predicted molar refractivity (Wildman–Crippen MR) is 141 cm³/mol. The lowest BCUT2D eigenvalue weighted by Crippen LogP contribution is -2.41. The topological polar surface area (TPSA) is 84.7 Å². The van der Waals surface area contributed by atoms with Gasteiger partial charge in [-0.2, -0.15) is 0 Å². The number of carbonyl (C=O) groups excluding carboxylic acids is 2. The number of amides is 2. The van der Waals surface area contributed by atoms with Gasteiger partial charge in [0, 0.05) is 31.4 Å². The van der Waals surface area contributed by atoms with Crippen molar-refractivity contribution in [1.29, 1.82) is 0 Å². The van der Waals surface area contributed by atoms with Crippen molar-refractivity contribution in [3.8, 4) is 5.75 Å². The van der Waals surface area contributed by atoms with E-state index in [0.717, 1.165) is 41.5 Å². The van der Waals surface area contributed by atoms with Crippen molar-refractivity contribution in [3.63, 3.8) is 0 Å². The molecule has 8 heteroatoms. The summed E-state index contributed by atoms with van der Waals surface area (Å²) in [6.07, 6.45) is 5.90. The Morgan fingerprint density at radius 3 is 2.69 bits per heavy atom. The summed E-state index contributed by atoms with van der Waals surface area (Å²) < 4.78 is 26.0. The fourth-order valence-corrected chi connectivity index (χ4v) is 5.02. The van der Waals surface area contributed by atoms with E-state index in [1.165, 1.54) is 12.1 Å². The van der Waals surface area contributed by atoms with Gasteiger partial charge < -0.3 is 19.4 Å². The molecule has 39 heavy (non-hydrogen) atoms. The number of carbonyl (C=O) groups is 2. The molecule has 1 aliphatic heterocycles. The third kappa shape index (κ3) is 5.55. The molecule has 1 fully saturated rings. The average molecular weight is 526 g/mol. The van der Waals surface area contributed by atoms with Gasteiger partial charge in [-0.05, 0) is 90.0 Å². The number of nitrogens with zero attached hydrogens (tertiary/aromatic N) is 2. The van der Waals surface area contributed by atoms with Crippen LogP contribution in [0.4, 0.5) is 4.39 Å². The molecule has 198 valence electrons. The Balaban J connectivity index is 1.17. The highest BCUT2D eigenvalue weighted by Crippen LogP contribution is 2.41. The van der Waals surface area contributed by atoms with E-state index < -0.39 is 0 Å². The zero-order chi connectivity index (χ0) is 26.8. The highest BCUT2D eigenvalue weighted by molar-refractivity contribution is 5.91. The van der Waals surface area contributed by atoms with Crippen molar-refractivity contribution in [2.75, 3.05) is 6.54 Å². The Bertz CT molecular complexity index is 1500. The van der Waals surface area contributed by atoms with Crippen LogP contribution in [0.15, 0.2) is 83.5 Å². The van der Waals surface area contributed by atoms with Crippen molar-refractivity contribution < 1.29 is 23.1 Å². The molecule has 1 atom stereocenters. The molecule has 0 radical (unpaired) electrons. The molecule has 1 N–H and O–H groups in total. The molecule has 0 unspecified atom stereocenters. The van der Waals surface area contributed by atoms with Crippen LogP contribution < -0.4 is 10.1 Å². The molecular formula is C31H28FN3O4. The first-order valence-electron chi connectivity index (χ1n) is 13.1. The number of aromatic nitrogens is 1. The van der Waals surface area contributed by atoms with Crippen LogP contribution in [-0.2, 0) is 24.4 Å². The van der Waals surface area contributed by atoms with Gasteiger partial charge in [0.15, 0.2) is 5.76 Å². The lowest BCUT2D eigenvalue weighted by Gasteiger charge is -2.38. The van der Waals surface area contributed by atoms with Crippen molar-refractivity contribution in [2.24, 2.45) is 5.92 Å².